The van der Waals surface area contributed by atoms with Crippen molar-refractivity contribution in [2.24, 2.45) is 0 Å². The predicted octanol–water partition coefficient (Wildman–Crippen LogP) is 4.28. The number of nitrogens with one attached hydrogen (secondary N) is 2. The number of ether oxygens (including phenoxy) is 1. The van der Waals surface area contributed by atoms with Gasteiger partial charge in [0, 0.05) is 34.5 Å². The molecule has 2 heterocycles. The average molecular weight is 577 g/mol. The maximum absolute atomic E-state index is 14.5. The van der Waals surface area contributed by atoms with Crippen LogP contribution in [-0.4, -0.2) is 51.1 Å². The fourth-order valence-corrected chi connectivity index (χ4v) is 5.58. The normalized spacial score (nSPS) is 19.3. The third-order valence-corrected chi connectivity index (χ3v) is 7.50. The number of fused-ring (bicyclic) bond motifs is 3. The van der Waals surface area contributed by atoms with Gasteiger partial charge in [-0.05, 0) is 69.5 Å². The van der Waals surface area contributed by atoms with Gasteiger partial charge in [-0.3, -0.25) is 19.5 Å². The number of aromatic nitrogens is 1. The molecule has 2 atom stereocenters. The Morgan fingerprint density at radius 2 is 1.88 bits per heavy atom. The summed E-state index contributed by atoms with van der Waals surface area (Å²) in [4.78, 5) is 46.3. The van der Waals surface area contributed by atoms with Crippen LogP contribution in [0.4, 0.5) is 4.79 Å². The Labute approximate surface area is 243 Å². The Kier molecular flexibility index (Phi) is 7.87. The molecule has 41 heavy (non-hydrogen) atoms. The van der Waals surface area contributed by atoms with Crippen LogP contribution in [0.15, 0.2) is 60.8 Å². The summed E-state index contributed by atoms with van der Waals surface area (Å²) < 4.78 is 5.35. The fourth-order valence-electron chi connectivity index (χ4n) is 5.39. The van der Waals surface area contributed by atoms with Gasteiger partial charge in [0.25, 0.3) is 5.91 Å². The number of carbonyl (C=O) groups is 3. The molecule has 1 aliphatic heterocycles. The molecular formula is C31H33ClN4O5. The minimum atomic E-state index is -2.12. The van der Waals surface area contributed by atoms with Crippen molar-refractivity contribution in [1.29, 1.82) is 0 Å². The molecule has 10 heteroatoms. The third-order valence-electron chi connectivity index (χ3n) is 7.27. The van der Waals surface area contributed by atoms with E-state index in [0.717, 1.165) is 11.3 Å². The van der Waals surface area contributed by atoms with Crippen LogP contribution >= 0.6 is 11.6 Å². The van der Waals surface area contributed by atoms with Crippen molar-refractivity contribution in [3.05, 3.63) is 88.1 Å². The number of pyridine rings is 1. The summed E-state index contributed by atoms with van der Waals surface area (Å²) >= 11 is 6.35. The first-order valence-electron chi connectivity index (χ1n) is 13.6. The first-order valence-corrected chi connectivity index (χ1v) is 14.0. The number of aliphatic hydroxyl groups is 1. The lowest BCUT2D eigenvalue weighted by Crippen LogP contribution is -2.53. The number of benzene rings is 2. The van der Waals surface area contributed by atoms with Crippen LogP contribution in [0.1, 0.15) is 55.9 Å². The van der Waals surface area contributed by atoms with Crippen molar-refractivity contribution in [3.63, 3.8) is 0 Å². The Morgan fingerprint density at radius 3 is 2.61 bits per heavy atom. The molecule has 0 saturated carbocycles. The van der Waals surface area contributed by atoms with E-state index in [9.17, 15) is 19.5 Å². The Hall–Kier alpha value is -3.79. The van der Waals surface area contributed by atoms with Gasteiger partial charge in [0.1, 0.15) is 5.60 Å². The minimum absolute atomic E-state index is 0.0825. The zero-order chi connectivity index (χ0) is 29.4. The Morgan fingerprint density at radius 1 is 1.12 bits per heavy atom. The quantitative estimate of drug-likeness (QED) is 0.374. The number of hydrogen-bond acceptors (Lipinski definition) is 7. The van der Waals surface area contributed by atoms with Gasteiger partial charge >= 0.3 is 6.09 Å². The summed E-state index contributed by atoms with van der Waals surface area (Å²) in [6.45, 7) is 5.88. The summed E-state index contributed by atoms with van der Waals surface area (Å²) in [6, 6.07) is 14.8. The summed E-state index contributed by atoms with van der Waals surface area (Å²) in [7, 11) is 0. The second kappa shape index (κ2) is 11.2. The average Bonchev–Trinajstić information content (AvgIpc) is 3.56. The molecule has 1 aliphatic carbocycles. The maximum atomic E-state index is 14.5. The van der Waals surface area contributed by atoms with Crippen LogP contribution in [-0.2, 0) is 33.0 Å². The van der Waals surface area contributed by atoms with E-state index in [4.69, 9.17) is 16.3 Å². The lowest BCUT2D eigenvalue weighted by atomic mass is 9.89. The number of amides is 3. The van der Waals surface area contributed by atoms with Crippen molar-refractivity contribution < 1.29 is 24.2 Å². The number of nitrogens with zero attached hydrogens (tertiary/aromatic N) is 2. The zero-order valence-corrected chi connectivity index (χ0v) is 24.0. The van der Waals surface area contributed by atoms with Gasteiger partial charge in [-0.1, -0.05) is 48.0 Å². The number of hydrogen-bond donors (Lipinski definition) is 3. The smallest absolute Gasteiger partial charge is 0.407 e. The highest BCUT2D eigenvalue weighted by molar-refractivity contribution is 6.30. The lowest BCUT2D eigenvalue weighted by molar-refractivity contribution is -0.157. The van der Waals surface area contributed by atoms with E-state index >= 15 is 0 Å². The molecule has 3 N–H and O–H groups in total. The van der Waals surface area contributed by atoms with E-state index in [1.165, 1.54) is 0 Å². The monoisotopic (exact) mass is 576 g/mol. The van der Waals surface area contributed by atoms with Gasteiger partial charge in [0.05, 0.1) is 18.3 Å². The fraction of sp³-hybridized carbons (Fsp3) is 0.355. The second-order valence-electron chi connectivity index (χ2n) is 11.3. The van der Waals surface area contributed by atoms with Gasteiger partial charge < -0.3 is 20.5 Å². The molecule has 1 fully saturated rings. The highest BCUT2D eigenvalue weighted by atomic mass is 35.5. The van der Waals surface area contributed by atoms with Gasteiger partial charge in [0.15, 0.2) is 5.60 Å². The molecule has 9 nitrogen and oxygen atoms in total. The van der Waals surface area contributed by atoms with E-state index in [0.29, 0.717) is 51.5 Å². The van der Waals surface area contributed by atoms with Crippen LogP contribution in [0, 0.1) is 0 Å². The second-order valence-corrected chi connectivity index (χ2v) is 11.7. The highest BCUT2D eigenvalue weighted by Gasteiger charge is 2.52. The first kappa shape index (κ1) is 28.7. The van der Waals surface area contributed by atoms with Gasteiger partial charge in [-0.15, -0.1) is 0 Å². The summed E-state index contributed by atoms with van der Waals surface area (Å²) in [5, 5.41) is 18.5. The van der Waals surface area contributed by atoms with E-state index in [1.54, 1.807) is 75.5 Å². The molecule has 1 aromatic heterocycles. The number of alkyl carbamates (subject to hydrolysis) is 1. The Balaban J connectivity index is 1.52. The summed E-state index contributed by atoms with van der Waals surface area (Å²) in [5.41, 5.74) is 0.221. The molecule has 3 aromatic rings. The molecular weight excluding hydrogens is 544 g/mol. The topological polar surface area (TPSA) is 121 Å². The number of carbonyl (C=O) groups excluding carboxylic acids is 3. The maximum Gasteiger partial charge on any atom is 0.407 e. The van der Waals surface area contributed by atoms with Crippen LogP contribution in [0.2, 0.25) is 5.02 Å². The third kappa shape index (κ3) is 5.70. The minimum Gasteiger partial charge on any atom is -0.444 e. The molecule has 0 bridgehead atoms. The largest absolute Gasteiger partial charge is 0.444 e. The van der Waals surface area contributed by atoms with Crippen LogP contribution in [0.5, 0.6) is 0 Å². The van der Waals surface area contributed by atoms with Crippen molar-refractivity contribution in [2.75, 3.05) is 6.54 Å². The molecule has 1 unspecified atom stereocenters. The number of halogens is 1. The highest BCUT2D eigenvalue weighted by Crippen LogP contribution is 2.47. The molecule has 1 saturated heterocycles. The van der Waals surface area contributed by atoms with Crippen molar-refractivity contribution in [3.8, 4) is 11.3 Å². The van der Waals surface area contributed by atoms with Gasteiger partial charge in [0.2, 0.25) is 5.91 Å². The van der Waals surface area contributed by atoms with Crippen molar-refractivity contribution >= 4 is 29.5 Å². The van der Waals surface area contributed by atoms with E-state index in [-0.39, 0.29) is 13.1 Å². The molecule has 3 amide bonds. The SMILES string of the molecule is CC(C)(C)OC(=O)NCc1ccc(Cl)cc1CN(C(=O)[C@@H]1CCCN1)C(=O)C1(O)c2ccccc2-c2ncccc21. The molecule has 2 aromatic carbocycles. The number of imide groups is 1. The van der Waals surface area contributed by atoms with E-state index in [2.05, 4.69) is 15.6 Å². The van der Waals surface area contributed by atoms with Crippen LogP contribution in [0.3, 0.4) is 0 Å². The van der Waals surface area contributed by atoms with Gasteiger partial charge in [-0.2, -0.15) is 0 Å². The molecule has 2 aliphatic rings. The van der Waals surface area contributed by atoms with E-state index < -0.39 is 35.2 Å². The zero-order valence-electron chi connectivity index (χ0n) is 23.2. The lowest BCUT2D eigenvalue weighted by Gasteiger charge is -2.33. The molecule has 0 spiro atoms. The molecule has 0 radical (unpaired) electrons. The summed E-state index contributed by atoms with van der Waals surface area (Å²) in [5.74, 6) is -1.22. The van der Waals surface area contributed by atoms with E-state index in [1.807, 2.05) is 6.07 Å². The van der Waals surface area contributed by atoms with Crippen molar-refractivity contribution in [1.82, 2.24) is 20.5 Å². The predicted molar refractivity (Wildman–Crippen MR) is 154 cm³/mol. The molecule has 5 rings (SSSR count). The standard InChI is InChI=1S/C31H33ClN4O5/c1-30(2,3)41-29(39)35-17-19-12-13-21(32)16-20(19)18-36(27(37)25-11-7-14-33-25)28(38)31(40)23-9-5-4-8-22(23)26-24(31)10-6-15-34-26/h4-6,8-10,12-13,15-16,25,33,40H,7,11,14,17-18H2,1-3H3,(H,35,39)/t25-,31?/m0/s1. The van der Waals surface area contributed by atoms with Crippen LogP contribution < -0.4 is 10.6 Å². The van der Waals surface area contributed by atoms with Crippen LogP contribution in [0.25, 0.3) is 11.3 Å². The molecule has 214 valence electrons. The van der Waals surface area contributed by atoms with Crippen molar-refractivity contribution in [2.45, 2.75) is 63.9 Å². The Bertz CT molecular complexity index is 1450. The summed E-state index contributed by atoms with van der Waals surface area (Å²) in [6.07, 6.45) is 2.37. The number of rotatable bonds is 6. The van der Waals surface area contributed by atoms with Gasteiger partial charge in [-0.25, -0.2) is 4.79 Å². The first-order chi connectivity index (χ1) is 19.5.